The Morgan fingerprint density at radius 2 is 0.711 bits per heavy atom. The Bertz CT molecular complexity index is 585. The third-order valence-corrected chi connectivity index (χ3v) is 7.68. The van der Waals surface area contributed by atoms with Crippen LogP contribution in [0, 0.1) is 0 Å². The van der Waals surface area contributed by atoms with Gasteiger partial charge in [0.1, 0.15) is 0 Å². The van der Waals surface area contributed by atoms with Crippen LogP contribution in [-0.2, 0) is 9.59 Å². The van der Waals surface area contributed by atoms with Crippen LogP contribution in [0.5, 0.6) is 0 Å². The van der Waals surface area contributed by atoms with Crippen molar-refractivity contribution in [1.29, 1.82) is 0 Å². The molecule has 0 heterocycles. The second kappa shape index (κ2) is 44.5. The van der Waals surface area contributed by atoms with Gasteiger partial charge in [0.05, 0.1) is 0 Å². The molecule has 6 N–H and O–H groups in total. The van der Waals surface area contributed by atoms with Crippen molar-refractivity contribution in [3.8, 4) is 0 Å². The van der Waals surface area contributed by atoms with Crippen molar-refractivity contribution in [2.75, 3.05) is 6.54 Å². The number of nitrogens with two attached hydrogens (primary N) is 2. The normalized spacial score (nSPS) is 11.7. The predicted molar refractivity (Wildman–Crippen MR) is 197 cm³/mol. The minimum atomic E-state index is -0.664. The Balaban J connectivity index is -0.000000680. The molecule has 0 aliphatic carbocycles. The van der Waals surface area contributed by atoms with Gasteiger partial charge in [-0.25, -0.2) is 0 Å². The fraction of sp³-hybridized carbons (Fsp3) is 0.846. The first-order chi connectivity index (χ1) is 21.8. The number of carbonyl (C=O) groups is 2. The molecule has 0 bridgehead atoms. The maximum absolute atomic E-state index is 10.3. The molecule has 0 aromatic rings. The highest BCUT2D eigenvalue weighted by atomic mass is 16.4. The Hall–Kier alpha value is -1.66. The summed E-state index contributed by atoms with van der Waals surface area (Å²) in [4.78, 5) is 20.6. The summed E-state index contributed by atoms with van der Waals surface area (Å²) >= 11 is 0. The molecule has 45 heavy (non-hydrogen) atoms. The van der Waals surface area contributed by atoms with E-state index in [1.54, 1.807) is 0 Å². The highest BCUT2D eigenvalue weighted by Crippen LogP contribution is 2.11. The average molecular weight is 639 g/mol. The standard InChI is InChI=1S/2C18H34O2.C3H10N2/c2*1-2-3-4-5-6-7-8-9-10-11-12-13-14-15-16-17-18(19)20;1-3(5)2-4/h2*9-10H,2-8,11-17H2,1H3,(H,19,20);3H,2,4-5H2,1H3/b2*10-9-;. The summed E-state index contributed by atoms with van der Waals surface area (Å²) < 4.78 is 0. The van der Waals surface area contributed by atoms with Crippen LogP contribution >= 0.6 is 0 Å². The van der Waals surface area contributed by atoms with Crippen molar-refractivity contribution >= 4 is 11.9 Å². The smallest absolute Gasteiger partial charge is 0.303 e. The van der Waals surface area contributed by atoms with Gasteiger partial charge in [-0.05, 0) is 71.1 Å². The summed E-state index contributed by atoms with van der Waals surface area (Å²) in [6, 6.07) is 0.162. The Morgan fingerprint density at radius 3 is 0.933 bits per heavy atom. The van der Waals surface area contributed by atoms with Gasteiger partial charge in [0, 0.05) is 25.4 Å². The number of carboxylic acids is 2. The fourth-order valence-corrected chi connectivity index (χ4v) is 4.69. The molecule has 0 fully saturated rings. The van der Waals surface area contributed by atoms with Gasteiger partial charge in [0.15, 0.2) is 0 Å². The van der Waals surface area contributed by atoms with Crippen molar-refractivity contribution < 1.29 is 19.8 Å². The molecule has 0 saturated heterocycles. The predicted octanol–water partition coefficient (Wildman–Crippen LogP) is 11.5. The zero-order valence-electron chi connectivity index (χ0n) is 30.3. The van der Waals surface area contributed by atoms with Crippen LogP contribution in [0.1, 0.15) is 201 Å². The summed E-state index contributed by atoms with van der Waals surface area (Å²) in [5, 5.41) is 17.0. The lowest BCUT2D eigenvalue weighted by Crippen LogP contribution is -2.25. The van der Waals surface area contributed by atoms with E-state index in [1.807, 2.05) is 6.92 Å². The average Bonchev–Trinajstić information content (AvgIpc) is 3.01. The van der Waals surface area contributed by atoms with E-state index in [2.05, 4.69) is 38.2 Å². The van der Waals surface area contributed by atoms with Gasteiger partial charge < -0.3 is 21.7 Å². The minimum Gasteiger partial charge on any atom is -0.481 e. The van der Waals surface area contributed by atoms with Gasteiger partial charge in [-0.15, -0.1) is 0 Å². The topological polar surface area (TPSA) is 127 Å². The maximum Gasteiger partial charge on any atom is 0.303 e. The minimum absolute atomic E-state index is 0.162. The first kappa shape index (κ1) is 47.7. The van der Waals surface area contributed by atoms with Crippen LogP contribution in [0.4, 0.5) is 0 Å². The van der Waals surface area contributed by atoms with E-state index in [0.29, 0.717) is 19.4 Å². The van der Waals surface area contributed by atoms with Crippen LogP contribution in [0.25, 0.3) is 0 Å². The highest BCUT2D eigenvalue weighted by Gasteiger charge is 1.97. The third-order valence-electron chi connectivity index (χ3n) is 7.68. The van der Waals surface area contributed by atoms with Crippen LogP contribution < -0.4 is 11.5 Å². The molecule has 0 aliphatic rings. The van der Waals surface area contributed by atoms with E-state index in [-0.39, 0.29) is 6.04 Å². The van der Waals surface area contributed by atoms with Crippen molar-refractivity contribution in [1.82, 2.24) is 0 Å². The summed E-state index contributed by atoms with van der Waals surface area (Å²) in [6.07, 6.45) is 42.5. The quantitative estimate of drug-likeness (QED) is 0.0442. The van der Waals surface area contributed by atoms with Crippen LogP contribution in [0.2, 0.25) is 0 Å². The second-order valence-corrected chi connectivity index (χ2v) is 12.7. The lowest BCUT2D eigenvalue weighted by atomic mass is 10.1. The van der Waals surface area contributed by atoms with Gasteiger partial charge in [0.2, 0.25) is 0 Å². The Labute approximate surface area is 280 Å². The van der Waals surface area contributed by atoms with E-state index in [9.17, 15) is 9.59 Å². The number of rotatable bonds is 31. The first-order valence-electron chi connectivity index (χ1n) is 19.0. The van der Waals surface area contributed by atoms with Crippen LogP contribution in [0.15, 0.2) is 24.3 Å². The molecule has 0 rings (SSSR count). The molecule has 0 saturated carbocycles. The number of hydrogen-bond donors (Lipinski definition) is 4. The zero-order chi connectivity index (χ0) is 34.1. The molecule has 0 aromatic carbocycles. The van der Waals surface area contributed by atoms with Gasteiger partial charge in [-0.1, -0.05) is 141 Å². The van der Waals surface area contributed by atoms with Crippen molar-refractivity contribution in [3.63, 3.8) is 0 Å². The molecule has 0 radical (unpaired) electrons. The van der Waals surface area contributed by atoms with E-state index >= 15 is 0 Å². The van der Waals surface area contributed by atoms with Gasteiger partial charge >= 0.3 is 11.9 Å². The Kier molecular flexibility index (Phi) is 47.2. The molecule has 6 nitrogen and oxygen atoms in total. The van der Waals surface area contributed by atoms with Crippen molar-refractivity contribution in [3.05, 3.63) is 24.3 Å². The number of unbranched alkanes of at least 4 members (excludes halogenated alkanes) is 22. The van der Waals surface area contributed by atoms with Gasteiger partial charge in [-0.3, -0.25) is 9.59 Å². The third kappa shape index (κ3) is 58.4. The molecule has 1 atom stereocenters. The summed E-state index contributed by atoms with van der Waals surface area (Å²) in [5.74, 6) is -1.33. The molecule has 6 heteroatoms. The maximum atomic E-state index is 10.3. The zero-order valence-corrected chi connectivity index (χ0v) is 30.3. The molecule has 268 valence electrons. The van der Waals surface area contributed by atoms with E-state index < -0.39 is 11.9 Å². The SMILES string of the molecule is CC(N)CN.CCCCCCCC/C=C\CCCCCCCC(=O)O.CCCCCCCC/C=C\CCCCCCCC(=O)O. The molecule has 0 amide bonds. The highest BCUT2D eigenvalue weighted by molar-refractivity contribution is 5.66. The summed E-state index contributed by atoms with van der Waals surface area (Å²) in [5.41, 5.74) is 10.2. The van der Waals surface area contributed by atoms with Crippen molar-refractivity contribution in [2.45, 2.75) is 207 Å². The van der Waals surface area contributed by atoms with Crippen LogP contribution in [0.3, 0.4) is 0 Å². The lowest BCUT2D eigenvalue weighted by Gasteiger charge is -1.99. The van der Waals surface area contributed by atoms with E-state index in [1.165, 1.54) is 141 Å². The van der Waals surface area contributed by atoms with Gasteiger partial charge in [-0.2, -0.15) is 0 Å². The molecule has 0 aromatic heterocycles. The largest absolute Gasteiger partial charge is 0.481 e. The van der Waals surface area contributed by atoms with E-state index in [4.69, 9.17) is 21.7 Å². The molecular formula is C39H78N2O4. The molecule has 0 aliphatic heterocycles. The molecule has 1 unspecified atom stereocenters. The molecule has 0 spiro atoms. The Morgan fingerprint density at radius 1 is 0.489 bits per heavy atom. The second-order valence-electron chi connectivity index (χ2n) is 12.7. The number of allylic oxidation sites excluding steroid dienone is 4. The number of hydrogen-bond acceptors (Lipinski definition) is 4. The van der Waals surface area contributed by atoms with Crippen LogP contribution in [-0.4, -0.2) is 34.7 Å². The summed E-state index contributed by atoms with van der Waals surface area (Å²) in [6.45, 7) is 6.98. The number of carboxylic acid groups (broad SMARTS) is 2. The lowest BCUT2D eigenvalue weighted by molar-refractivity contribution is -0.138. The first-order valence-corrected chi connectivity index (χ1v) is 19.0. The fourth-order valence-electron chi connectivity index (χ4n) is 4.69. The number of aliphatic carboxylic acids is 2. The molecular weight excluding hydrogens is 560 g/mol. The van der Waals surface area contributed by atoms with E-state index in [0.717, 1.165) is 25.7 Å². The summed E-state index contributed by atoms with van der Waals surface area (Å²) in [7, 11) is 0. The van der Waals surface area contributed by atoms with Crippen molar-refractivity contribution in [2.24, 2.45) is 11.5 Å². The monoisotopic (exact) mass is 639 g/mol. The van der Waals surface area contributed by atoms with Gasteiger partial charge in [0.25, 0.3) is 0 Å².